The second kappa shape index (κ2) is 10.1. The second-order valence-electron chi connectivity index (χ2n) is 18.5. The van der Waals surface area contributed by atoms with Crippen molar-refractivity contribution in [2.45, 2.75) is 142 Å². The van der Waals surface area contributed by atoms with Gasteiger partial charge in [-0.05, 0) is 103 Å². The number of hydrogen-bond donors (Lipinski definition) is 3. The minimum Gasteiger partial charge on any atom is -0.356 e. The highest BCUT2D eigenvalue weighted by atomic mass is 15.0. The first-order valence-electron chi connectivity index (χ1n) is 17.0. The molecule has 3 N–H and O–H groups in total. The summed E-state index contributed by atoms with van der Waals surface area (Å²) in [7, 11) is 0. The molecular formula is C39H58N4. The number of nitrogens with zero attached hydrogens (tertiary/aromatic N) is 1. The van der Waals surface area contributed by atoms with Crippen molar-refractivity contribution in [2.75, 3.05) is 6.54 Å². The van der Waals surface area contributed by atoms with Crippen molar-refractivity contribution >= 4 is 0 Å². The Morgan fingerprint density at radius 2 is 1.12 bits per heavy atom. The summed E-state index contributed by atoms with van der Waals surface area (Å²) >= 11 is 0. The molecule has 4 aliphatic carbocycles. The third kappa shape index (κ3) is 5.90. The Morgan fingerprint density at radius 3 is 1.56 bits per heavy atom. The van der Waals surface area contributed by atoms with E-state index in [-0.39, 0.29) is 21.7 Å². The molecule has 0 aliphatic heterocycles. The lowest BCUT2D eigenvalue weighted by molar-refractivity contribution is -0.0216. The topological polar surface area (TPSA) is 56.5 Å². The van der Waals surface area contributed by atoms with Gasteiger partial charge >= 0.3 is 0 Å². The Bertz CT molecular complexity index is 1440. The maximum Gasteiger partial charge on any atom is 0.0875 e. The van der Waals surface area contributed by atoms with Crippen LogP contribution in [0.4, 0.5) is 0 Å². The second-order valence-corrected chi connectivity index (χ2v) is 18.5. The highest BCUT2D eigenvalue weighted by Crippen LogP contribution is 2.55. The van der Waals surface area contributed by atoms with Crippen molar-refractivity contribution in [3.8, 4) is 22.8 Å². The maximum absolute atomic E-state index is 5.35. The zero-order valence-corrected chi connectivity index (χ0v) is 29.0. The fourth-order valence-electron chi connectivity index (χ4n) is 8.81. The van der Waals surface area contributed by atoms with E-state index in [1.165, 1.54) is 61.0 Å². The summed E-state index contributed by atoms with van der Waals surface area (Å²) in [5, 5.41) is 4.20. The maximum atomic E-state index is 5.35. The number of aromatic amines is 2. The number of pyridine rings is 1. The highest BCUT2D eigenvalue weighted by molar-refractivity contribution is 5.69. The highest BCUT2D eigenvalue weighted by Gasteiger charge is 2.51. The smallest absolute Gasteiger partial charge is 0.0875 e. The zero-order chi connectivity index (χ0) is 31.2. The van der Waals surface area contributed by atoms with E-state index in [0.717, 1.165) is 47.1 Å². The van der Waals surface area contributed by atoms with Gasteiger partial charge in [-0.3, -0.25) is 0 Å². The van der Waals surface area contributed by atoms with E-state index >= 15 is 0 Å². The summed E-state index contributed by atoms with van der Waals surface area (Å²) in [6.45, 7) is 26.5. The van der Waals surface area contributed by atoms with E-state index in [2.05, 4.69) is 122 Å². The molecular weight excluding hydrogens is 524 g/mol. The summed E-state index contributed by atoms with van der Waals surface area (Å²) in [6, 6.07) is 11.3. The molecule has 7 rings (SSSR count). The zero-order valence-electron chi connectivity index (χ0n) is 29.0. The number of rotatable bonds is 6. The van der Waals surface area contributed by atoms with Crippen LogP contribution in [0.1, 0.15) is 137 Å². The molecule has 0 unspecified atom stereocenters. The Labute approximate surface area is 261 Å². The van der Waals surface area contributed by atoms with E-state index in [1.54, 1.807) is 0 Å². The molecule has 3 heterocycles. The van der Waals surface area contributed by atoms with Crippen molar-refractivity contribution in [1.82, 2.24) is 20.3 Å². The van der Waals surface area contributed by atoms with Crippen LogP contribution in [-0.2, 0) is 21.7 Å². The van der Waals surface area contributed by atoms with Gasteiger partial charge in [0, 0.05) is 34.3 Å². The Hall–Kier alpha value is -2.33. The van der Waals surface area contributed by atoms with Crippen LogP contribution >= 0.6 is 0 Å². The van der Waals surface area contributed by atoms with E-state index in [1.807, 2.05) is 0 Å². The van der Waals surface area contributed by atoms with Crippen LogP contribution in [0.15, 0.2) is 30.3 Å². The minimum atomic E-state index is -0.0142. The van der Waals surface area contributed by atoms with Gasteiger partial charge in [0.15, 0.2) is 0 Å². The predicted molar refractivity (Wildman–Crippen MR) is 182 cm³/mol. The molecule has 4 heteroatoms. The van der Waals surface area contributed by atoms with E-state index in [0.29, 0.717) is 5.54 Å². The summed E-state index contributed by atoms with van der Waals surface area (Å²) in [6.07, 6.45) is 8.64. The quantitative estimate of drug-likeness (QED) is 0.271. The first-order valence-corrected chi connectivity index (χ1v) is 17.0. The largest absolute Gasteiger partial charge is 0.356 e. The van der Waals surface area contributed by atoms with E-state index < -0.39 is 0 Å². The van der Waals surface area contributed by atoms with Gasteiger partial charge in [0.05, 0.1) is 22.8 Å². The Kier molecular flexibility index (Phi) is 7.20. The molecule has 0 atom stereocenters. The van der Waals surface area contributed by atoms with Gasteiger partial charge < -0.3 is 15.3 Å². The fraction of sp³-hybridized carbons (Fsp3) is 0.667. The van der Waals surface area contributed by atoms with Crippen LogP contribution in [-0.4, -0.2) is 27.0 Å². The van der Waals surface area contributed by atoms with E-state index in [4.69, 9.17) is 4.98 Å². The molecule has 3 aromatic rings. The predicted octanol–water partition coefficient (Wildman–Crippen LogP) is 9.80. The third-order valence-electron chi connectivity index (χ3n) is 11.0. The molecule has 0 amide bonds. The average Bonchev–Trinajstić information content (AvgIpc) is 3.53. The monoisotopic (exact) mass is 582 g/mol. The number of hydrogen-bond acceptors (Lipinski definition) is 2. The lowest BCUT2D eigenvalue weighted by atomic mass is 9.53. The third-order valence-corrected chi connectivity index (χ3v) is 11.0. The van der Waals surface area contributed by atoms with Crippen molar-refractivity contribution < 1.29 is 0 Å². The van der Waals surface area contributed by atoms with E-state index in [9.17, 15) is 0 Å². The fourth-order valence-corrected chi connectivity index (χ4v) is 8.81. The van der Waals surface area contributed by atoms with Crippen LogP contribution in [0.5, 0.6) is 0 Å². The number of aromatic nitrogens is 3. The molecule has 43 heavy (non-hydrogen) atoms. The van der Waals surface area contributed by atoms with Crippen LogP contribution in [0.3, 0.4) is 0 Å². The summed E-state index contributed by atoms with van der Waals surface area (Å²) < 4.78 is 0. The van der Waals surface area contributed by atoms with Crippen molar-refractivity contribution in [3.63, 3.8) is 0 Å². The van der Waals surface area contributed by atoms with Crippen molar-refractivity contribution in [1.29, 1.82) is 0 Å². The first-order chi connectivity index (χ1) is 19.8. The number of H-pyrrole nitrogens is 2. The van der Waals surface area contributed by atoms with Crippen LogP contribution < -0.4 is 5.32 Å². The number of nitrogens with one attached hydrogen (secondary N) is 3. The van der Waals surface area contributed by atoms with Gasteiger partial charge in [-0.1, -0.05) is 82.2 Å². The Morgan fingerprint density at radius 1 is 0.674 bits per heavy atom. The molecule has 4 fully saturated rings. The normalized spacial score (nSPS) is 26.0. The van der Waals surface area contributed by atoms with Gasteiger partial charge in [0.1, 0.15) is 0 Å². The van der Waals surface area contributed by atoms with Crippen molar-refractivity contribution in [3.05, 3.63) is 52.8 Å². The molecule has 0 radical (unpaired) electrons. The van der Waals surface area contributed by atoms with Crippen LogP contribution in [0.25, 0.3) is 22.8 Å². The molecule has 0 spiro atoms. The standard InChI is InChI=1S/C39H58N4/c1-35(2,3)27-18-31(37(7,8)9)42-33(27)29-13-12-14-30(41-29)34-28(36(4,5)6)19-32(43-34)38(10,11)23-40-39-20-24-15-25(21-39)17-26(16-24)22-39/h12-14,18-19,24-26,40,42-43H,15-17,20-23H2,1-11H3. The molecule has 4 saturated carbocycles. The summed E-state index contributed by atoms with van der Waals surface area (Å²) in [5.41, 5.74) is 9.96. The molecule has 234 valence electrons. The van der Waals surface area contributed by atoms with Gasteiger partial charge in [0.25, 0.3) is 0 Å². The first kappa shape index (κ1) is 30.7. The van der Waals surface area contributed by atoms with Crippen LogP contribution in [0.2, 0.25) is 0 Å². The summed E-state index contributed by atoms with van der Waals surface area (Å²) in [5.74, 6) is 2.88. The SMILES string of the molecule is CC(C)(C)c1cc(C(C)(C)C)c(-c2cccc(-c3[nH]c(C(C)(C)CNC45CC6CC(CC(C6)C4)C5)cc3C(C)(C)C)n2)[nH]1. The minimum absolute atomic E-state index is 0.00634. The molecule has 3 aromatic heterocycles. The van der Waals surface area contributed by atoms with Gasteiger partial charge in [-0.2, -0.15) is 0 Å². The lowest BCUT2D eigenvalue weighted by Crippen LogP contribution is -2.60. The molecule has 4 aliphatic rings. The Balaban J connectivity index is 1.33. The molecule has 4 bridgehead atoms. The molecule has 0 saturated heterocycles. The lowest BCUT2D eigenvalue weighted by Gasteiger charge is -2.57. The molecule has 0 aromatic carbocycles. The van der Waals surface area contributed by atoms with Gasteiger partial charge in [0.2, 0.25) is 0 Å². The van der Waals surface area contributed by atoms with Crippen LogP contribution in [0, 0.1) is 17.8 Å². The van der Waals surface area contributed by atoms with Gasteiger partial charge in [-0.25, -0.2) is 4.98 Å². The van der Waals surface area contributed by atoms with Gasteiger partial charge in [-0.15, -0.1) is 0 Å². The molecule has 4 nitrogen and oxygen atoms in total. The average molecular weight is 583 g/mol. The summed E-state index contributed by atoms with van der Waals surface area (Å²) in [4.78, 5) is 13.1. The van der Waals surface area contributed by atoms with Crippen molar-refractivity contribution in [2.24, 2.45) is 17.8 Å².